The van der Waals surface area contributed by atoms with E-state index in [1.165, 1.54) is 0 Å². The zero-order valence-corrected chi connectivity index (χ0v) is 18.6. The Morgan fingerprint density at radius 2 is 1.77 bits per heavy atom. The quantitative estimate of drug-likeness (QED) is 0.194. The number of thiazole rings is 1. The summed E-state index contributed by atoms with van der Waals surface area (Å²) in [5.41, 5.74) is 3.94. The average Bonchev–Trinajstić information content (AvgIpc) is 3.21. The molecule has 2 nitrogen and oxygen atoms in total. The number of thioether (sulfide) groups is 1. The number of fused-ring (bicyclic) bond motifs is 2. The summed E-state index contributed by atoms with van der Waals surface area (Å²) in [4.78, 5) is 9.31. The molecule has 0 radical (unpaired) electrons. The summed E-state index contributed by atoms with van der Waals surface area (Å²) >= 11 is 9.25. The predicted molar refractivity (Wildman–Crippen MR) is 132 cm³/mol. The molecule has 0 fully saturated rings. The van der Waals surface area contributed by atoms with Crippen molar-refractivity contribution in [2.24, 2.45) is 4.99 Å². The van der Waals surface area contributed by atoms with Gasteiger partial charge < -0.3 is 0 Å². The Bertz CT molecular complexity index is 1410. The molecule has 0 saturated heterocycles. The number of aliphatic imine (C=N–C) groups is 1. The normalized spacial score (nSPS) is 11.7. The lowest BCUT2D eigenvalue weighted by Crippen LogP contribution is -1.87. The fraction of sp³-hybridized carbons (Fsp3) is 0.0400. The van der Waals surface area contributed by atoms with Crippen LogP contribution in [-0.4, -0.2) is 11.2 Å². The highest BCUT2D eigenvalue weighted by Gasteiger charge is 2.09. The van der Waals surface area contributed by atoms with Gasteiger partial charge in [0.25, 0.3) is 0 Å². The summed E-state index contributed by atoms with van der Waals surface area (Å²) in [6.07, 6.45) is 1.83. The van der Waals surface area contributed by atoms with Gasteiger partial charge in [-0.25, -0.2) is 9.37 Å². The number of aromatic nitrogens is 1. The number of nitrogens with zero attached hydrogens (tertiary/aromatic N) is 2. The standard InChI is InChI=1S/C25H16ClFN2S2/c26-18-8-5-16(6-9-18)14-28-19-10-12-23-24(13-19)31-25(29-23)30-15-17-7-11-22(27)21-4-2-1-3-20(17)21/h1-14H,15H2. The molecular formula is C25H16ClFN2S2. The lowest BCUT2D eigenvalue weighted by Gasteiger charge is -2.06. The van der Waals surface area contributed by atoms with Crippen LogP contribution in [0.5, 0.6) is 0 Å². The predicted octanol–water partition coefficient (Wildman–Crippen LogP) is 8.28. The third-order valence-corrected chi connectivity index (χ3v) is 7.36. The van der Waals surface area contributed by atoms with Gasteiger partial charge in [0.05, 0.1) is 15.9 Å². The van der Waals surface area contributed by atoms with E-state index in [-0.39, 0.29) is 5.82 Å². The van der Waals surface area contributed by atoms with Gasteiger partial charge >= 0.3 is 0 Å². The molecule has 0 bridgehead atoms. The highest BCUT2D eigenvalue weighted by molar-refractivity contribution is 8.00. The van der Waals surface area contributed by atoms with Crippen LogP contribution < -0.4 is 0 Å². The molecule has 0 aliphatic carbocycles. The monoisotopic (exact) mass is 462 g/mol. The minimum Gasteiger partial charge on any atom is -0.256 e. The van der Waals surface area contributed by atoms with Gasteiger partial charge in [0.2, 0.25) is 0 Å². The second-order valence-electron chi connectivity index (χ2n) is 6.98. The first-order valence-electron chi connectivity index (χ1n) is 9.65. The van der Waals surface area contributed by atoms with Crippen LogP contribution >= 0.6 is 34.7 Å². The third-order valence-electron chi connectivity index (χ3n) is 4.90. The van der Waals surface area contributed by atoms with Crippen molar-refractivity contribution in [1.82, 2.24) is 4.98 Å². The SMILES string of the molecule is Fc1ccc(CSc2nc3ccc(N=Cc4ccc(Cl)cc4)cc3s2)c2ccccc12. The first kappa shape index (κ1) is 20.2. The van der Waals surface area contributed by atoms with Gasteiger partial charge in [-0.15, -0.1) is 11.3 Å². The molecule has 152 valence electrons. The maximum absolute atomic E-state index is 14.1. The molecule has 1 heterocycles. The summed E-state index contributed by atoms with van der Waals surface area (Å²) < 4.78 is 16.1. The minimum absolute atomic E-state index is 0.184. The van der Waals surface area contributed by atoms with Gasteiger partial charge in [-0.2, -0.15) is 0 Å². The van der Waals surface area contributed by atoms with Crippen molar-refractivity contribution in [3.05, 3.63) is 101 Å². The van der Waals surface area contributed by atoms with Crippen molar-refractivity contribution in [2.75, 3.05) is 0 Å². The van der Waals surface area contributed by atoms with E-state index in [1.807, 2.05) is 72.9 Å². The van der Waals surface area contributed by atoms with Crippen LogP contribution in [-0.2, 0) is 5.75 Å². The van der Waals surface area contributed by atoms with E-state index in [1.54, 1.807) is 29.2 Å². The third kappa shape index (κ3) is 4.49. The Morgan fingerprint density at radius 3 is 2.61 bits per heavy atom. The zero-order valence-electron chi connectivity index (χ0n) is 16.3. The van der Waals surface area contributed by atoms with E-state index in [2.05, 4.69) is 11.1 Å². The van der Waals surface area contributed by atoms with Crippen LogP contribution in [0.2, 0.25) is 5.02 Å². The lowest BCUT2D eigenvalue weighted by atomic mass is 10.1. The van der Waals surface area contributed by atoms with Crippen LogP contribution in [0.1, 0.15) is 11.1 Å². The first-order valence-corrected chi connectivity index (χ1v) is 11.8. The van der Waals surface area contributed by atoms with Gasteiger partial charge in [0.15, 0.2) is 4.34 Å². The smallest absolute Gasteiger partial charge is 0.151 e. The number of benzene rings is 4. The first-order chi connectivity index (χ1) is 15.2. The van der Waals surface area contributed by atoms with Gasteiger partial charge in [-0.3, -0.25) is 4.99 Å². The van der Waals surface area contributed by atoms with Crippen LogP contribution in [0, 0.1) is 5.82 Å². The summed E-state index contributed by atoms with van der Waals surface area (Å²) in [6, 6.07) is 24.6. The van der Waals surface area contributed by atoms with E-state index in [9.17, 15) is 4.39 Å². The second kappa shape index (κ2) is 8.79. The largest absolute Gasteiger partial charge is 0.256 e. The number of rotatable bonds is 5. The summed E-state index contributed by atoms with van der Waals surface area (Å²) in [5, 5.41) is 2.32. The molecule has 5 rings (SSSR count). The molecule has 6 heteroatoms. The van der Waals surface area contributed by atoms with Crippen LogP contribution in [0.4, 0.5) is 10.1 Å². The van der Waals surface area contributed by atoms with E-state index >= 15 is 0 Å². The molecular weight excluding hydrogens is 447 g/mol. The fourth-order valence-corrected chi connectivity index (χ4v) is 5.55. The van der Waals surface area contributed by atoms with Crippen molar-refractivity contribution >= 4 is 67.6 Å². The fourth-order valence-electron chi connectivity index (χ4n) is 3.32. The summed E-state index contributed by atoms with van der Waals surface area (Å²) in [6.45, 7) is 0. The van der Waals surface area contributed by atoms with Gasteiger partial charge in [0, 0.05) is 22.4 Å². The molecule has 0 amide bonds. The second-order valence-corrected chi connectivity index (χ2v) is 9.67. The topological polar surface area (TPSA) is 25.2 Å². The number of hydrogen-bond acceptors (Lipinski definition) is 4. The van der Waals surface area contributed by atoms with Gasteiger partial charge in [-0.05, 0) is 52.9 Å². The molecule has 0 aliphatic heterocycles. The highest BCUT2D eigenvalue weighted by Crippen LogP contribution is 2.35. The Kier molecular flexibility index (Phi) is 5.72. The highest BCUT2D eigenvalue weighted by atomic mass is 35.5. The lowest BCUT2D eigenvalue weighted by molar-refractivity contribution is 0.639. The van der Waals surface area contributed by atoms with E-state index in [0.29, 0.717) is 10.4 Å². The molecule has 0 unspecified atom stereocenters. The zero-order chi connectivity index (χ0) is 21.2. The maximum atomic E-state index is 14.1. The molecule has 0 aliphatic rings. The van der Waals surface area contributed by atoms with Gasteiger partial charge in [0.1, 0.15) is 5.82 Å². The van der Waals surface area contributed by atoms with E-state index < -0.39 is 0 Å². The average molecular weight is 463 g/mol. The Balaban J connectivity index is 1.35. The van der Waals surface area contributed by atoms with E-state index in [4.69, 9.17) is 16.6 Å². The Morgan fingerprint density at radius 1 is 0.968 bits per heavy atom. The summed E-state index contributed by atoms with van der Waals surface area (Å²) in [7, 11) is 0. The Hall–Kier alpha value is -2.73. The molecule has 0 spiro atoms. The van der Waals surface area contributed by atoms with Crippen molar-refractivity contribution in [2.45, 2.75) is 10.1 Å². The molecule has 0 N–H and O–H groups in total. The molecule has 5 aromatic rings. The number of hydrogen-bond donors (Lipinski definition) is 0. The van der Waals surface area contributed by atoms with E-state index in [0.717, 1.165) is 42.5 Å². The van der Waals surface area contributed by atoms with Crippen LogP contribution in [0.3, 0.4) is 0 Å². The Labute approximate surface area is 192 Å². The van der Waals surface area contributed by atoms with Gasteiger partial charge in [-0.1, -0.05) is 65.8 Å². The molecule has 4 aromatic carbocycles. The molecule has 0 saturated carbocycles. The van der Waals surface area contributed by atoms with Crippen molar-refractivity contribution in [3.63, 3.8) is 0 Å². The molecule has 1 aromatic heterocycles. The van der Waals surface area contributed by atoms with Crippen molar-refractivity contribution in [3.8, 4) is 0 Å². The molecule has 0 atom stereocenters. The minimum atomic E-state index is -0.184. The molecule has 31 heavy (non-hydrogen) atoms. The summed E-state index contributed by atoms with van der Waals surface area (Å²) in [5.74, 6) is 0.554. The van der Waals surface area contributed by atoms with Crippen molar-refractivity contribution < 1.29 is 4.39 Å². The van der Waals surface area contributed by atoms with Crippen LogP contribution in [0.15, 0.2) is 88.2 Å². The van der Waals surface area contributed by atoms with Crippen molar-refractivity contribution in [1.29, 1.82) is 0 Å². The van der Waals surface area contributed by atoms with Crippen LogP contribution in [0.25, 0.3) is 21.0 Å². The maximum Gasteiger partial charge on any atom is 0.151 e. The number of halogens is 2.